The maximum atomic E-state index is 12.9. The van der Waals surface area contributed by atoms with Gasteiger partial charge in [-0.3, -0.25) is 4.79 Å². The molecule has 2 aromatic carbocycles. The third-order valence-electron chi connectivity index (χ3n) is 5.48. The number of rotatable bonds is 3. The van der Waals surface area contributed by atoms with Crippen molar-refractivity contribution in [1.29, 1.82) is 0 Å². The highest BCUT2D eigenvalue weighted by Gasteiger charge is 2.16. The number of fused-ring (bicyclic) bond motifs is 1. The lowest BCUT2D eigenvalue weighted by molar-refractivity contribution is -0.191. The maximum absolute atomic E-state index is 12.9. The van der Waals surface area contributed by atoms with Crippen LogP contribution < -0.4 is 10.3 Å². The van der Waals surface area contributed by atoms with Crippen LogP contribution in [0.25, 0.3) is 27.8 Å². The van der Waals surface area contributed by atoms with Crippen molar-refractivity contribution in [2.75, 3.05) is 31.2 Å². The minimum Gasteiger partial charge on any atom is -0.380 e. The fraction of sp³-hybridized carbons (Fsp3) is 0.250. The fourth-order valence-corrected chi connectivity index (χ4v) is 3.84. The fourth-order valence-electron chi connectivity index (χ4n) is 3.84. The number of hydrogen-bond donors (Lipinski definition) is 1. The van der Waals surface area contributed by atoms with Crippen LogP contribution in [0, 0.1) is 6.92 Å². The van der Waals surface area contributed by atoms with E-state index in [0.29, 0.717) is 17.7 Å². The van der Waals surface area contributed by atoms with E-state index >= 15 is 0 Å². The number of hydrogen-bond acceptors (Lipinski definition) is 7. The molecule has 3 heterocycles. The van der Waals surface area contributed by atoms with E-state index in [2.05, 4.69) is 27.1 Å². The summed E-state index contributed by atoms with van der Waals surface area (Å²) < 4.78 is 7.31. The summed E-state index contributed by atoms with van der Waals surface area (Å²) in [5, 5.41) is 9.32. The van der Waals surface area contributed by atoms with Gasteiger partial charge in [0.15, 0.2) is 5.43 Å². The average molecular weight is 445 g/mol. The quantitative estimate of drug-likeness (QED) is 0.516. The largest absolute Gasteiger partial charge is 0.380 e. The highest BCUT2D eigenvalue weighted by molar-refractivity contribution is 5.93. The number of carbonyl (C=O) groups excluding carboxylic acids is 2. The maximum Gasteiger partial charge on any atom is 0.373 e. The Hall–Kier alpha value is -4.07. The Bertz CT molecular complexity index is 1330. The molecule has 0 atom stereocenters. The number of aryl methyl sites for hydroxylation is 1. The summed E-state index contributed by atoms with van der Waals surface area (Å²) in [6, 6.07) is 15.5. The standard InChI is InChI=1S/C23H23N5O2.CO2/c1-16-6-8-17(9-7-16)28-15-20(25-26-28)18-4-2-5-19-21(29)14-22(24-23(18)19)27-10-3-12-30-13-11-27;2-1-3/h2,4-9,14-15H,3,10-13H2,1H3,(H,24,29);. The van der Waals surface area contributed by atoms with Gasteiger partial charge in [0.05, 0.1) is 24.0 Å². The van der Waals surface area contributed by atoms with Crippen molar-refractivity contribution in [3.63, 3.8) is 0 Å². The van der Waals surface area contributed by atoms with Gasteiger partial charge in [-0.25, -0.2) is 4.68 Å². The highest BCUT2D eigenvalue weighted by Crippen LogP contribution is 2.26. The zero-order valence-corrected chi connectivity index (χ0v) is 18.2. The molecule has 0 bridgehead atoms. The molecule has 1 saturated heterocycles. The molecule has 0 radical (unpaired) electrons. The Morgan fingerprint density at radius 3 is 2.64 bits per heavy atom. The second-order valence-electron chi connectivity index (χ2n) is 7.67. The van der Waals surface area contributed by atoms with Crippen LogP contribution in [-0.4, -0.2) is 52.4 Å². The summed E-state index contributed by atoms with van der Waals surface area (Å²) in [6.07, 6.45) is 3.08. The van der Waals surface area contributed by atoms with Crippen molar-refractivity contribution in [2.45, 2.75) is 13.3 Å². The molecule has 168 valence electrons. The Kier molecular flexibility index (Phi) is 6.73. The first-order valence-corrected chi connectivity index (χ1v) is 10.6. The molecule has 4 aromatic rings. The number of aromatic amines is 1. The predicted octanol–water partition coefficient (Wildman–Crippen LogP) is 2.73. The van der Waals surface area contributed by atoms with Crippen LogP contribution >= 0.6 is 0 Å². The van der Waals surface area contributed by atoms with Gasteiger partial charge in [0.2, 0.25) is 0 Å². The molecule has 0 saturated carbocycles. The van der Waals surface area contributed by atoms with E-state index in [1.54, 1.807) is 10.7 Å². The number of nitrogens with one attached hydrogen (secondary N) is 1. The smallest absolute Gasteiger partial charge is 0.373 e. The normalized spacial score (nSPS) is 13.7. The zero-order valence-electron chi connectivity index (χ0n) is 18.2. The van der Waals surface area contributed by atoms with Crippen LogP contribution in [0.4, 0.5) is 5.82 Å². The molecule has 1 fully saturated rings. The third-order valence-corrected chi connectivity index (χ3v) is 5.48. The Morgan fingerprint density at radius 1 is 1.06 bits per heavy atom. The van der Waals surface area contributed by atoms with Crippen molar-refractivity contribution in [1.82, 2.24) is 20.0 Å². The molecular weight excluding hydrogens is 422 g/mol. The number of H-pyrrole nitrogens is 1. The van der Waals surface area contributed by atoms with E-state index in [0.717, 1.165) is 48.7 Å². The van der Waals surface area contributed by atoms with Crippen molar-refractivity contribution in [3.8, 4) is 16.9 Å². The van der Waals surface area contributed by atoms with E-state index in [4.69, 9.17) is 14.3 Å². The Labute approximate surface area is 189 Å². The second kappa shape index (κ2) is 10.0. The lowest BCUT2D eigenvalue weighted by Gasteiger charge is -2.22. The lowest BCUT2D eigenvalue weighted by Crippen LogP contribution is -2.28. The van der Waals surface area contributed by atoms with Gasteiger partial charge >= 0.3 is 6.15 Å². The van der Waals surface area contributed by atoms with Crippen LogP contribution in [0.15, 0.2) is 59.5 Å². The lowest BCUT2D eigenvalue weighted by atomic mass is 10.1. The molecule has 2 aromatic heterocycles. The topological polar surface area (TPSA) is 110 Å². The van der Waals surface area contributed by atoms with Gasteiger partial charge in [0, 0.05) is 36.7 Å². The zero-order chi connectivity index (χ0) is 23.2. The van der Waals surface area contributed by atoms with Crippen molar-refractivity contribution in [3.05, 3.63) is 70.5 Å². The first-order valence-electron chi connectivity index (χ1n) is 10.6. The minimum atomic E-state index is -0.00306. The van der Waals surface area contributed by atoms with Crippen LogP contribution in [0.1, 0.15) is 12.0 Å². The summed E-state index contributed by atoms with van der Waals surface area (Å²) in [7, 11) is 0. The van der Waals surface area contributed by atoms with Crippen LogP contribution in [-0.2, 0) is 14.3 Å². The Balaban J connectivity index is 0.000000821. The van der Waals surface area contributed by atoms with Crippen molar-refractivity contribution < 1.29 is 14.3 Å². The predicted molar refractivity (Wildman–Crippen MR) is 122 cm³/mol. The van der Waals surface area contributed by atoms with Gasteiger partial charge in [-0.15, -0.1) is 5.10 Å². The van der Waals surface area contributed by atoms with Gasteiger partial charge < -0.3 is 14.6 Å². The highest BCUT2D eigenvalue weighted by atomic mass is 16.5. The van der Waals surface area contributed by atoms with Gasteiger partial charge in [-0.05, 0) is 31.5 Å². The molecule has 1 aliphatic heterocycles. The molecule has 0 spiro atoms. The molecule has 1 aliphatic rings. The number of aromatic nitrogens is 4. The van der Waals surface area contributed by atoms with E-state index < -0.39 is 0 Å². The molecule has 0 amide bonds. The van der Waals surface area contributed by atoms with Gasteiger partial charge in [0.1, 0.15) is 11.5 Å². The molecule has 1 N–H and O–H groups in total. The number of ether oxygens (including phenoxy) is 1. The molecule has 0 aliphatic carbocycles. The molecule has 33 heavy (non-hydrogen) atoms. The third kappa shape index (κ3) is 4.90. The summed E-state index contributed by atoms with van der Waals surface area (Å²) in [5.41, 5.74) is 4.48. The molecule has 9 nitrogen and oxygen atoms in total. The van der Waals surface area contributed by atoms with E-state index in [-0.39, 0.29) is 11.6 Å². The summed E-state index contributed by atoms with van der Waals surface area (Å²) in [4.78, 5) is 34.8. The van der Waals surface area contributed by atoms with Gasteiger partial charge in [0.25, 0.3) is 0 Å². The summed E-state index contributed by atoms with van der Waals surface area (Å²) in [6.45, 7) is 5.08. The molecular formula is C24H23N5O4. The first-order chi connectivity index (χ1) is 16.1. The van der Waals surface area contributed by atoms with Crippen LogP contribution in [0.2, 0.25) is 0 Å². The number of anilines is 1. The minimum absolute atomic E-state index is 0.00306. The first kappa shape index (κ1) is 22.1. The van der Waals surface area contributed by atoms with Gasteiger partial charge in [-0.1, -0.05) is 35.0 Å². The molecule has 5 rings (SSSR count). The number of para-hydroxylation sites is 1. The second-order valence-corrected chi connectivity index (χ2v) is 7.67. The SMILES string of the molecule is Cc1ccc(-n2cc(-c3cccc4c(=O)cc(N5CCCOCC5)[nH]c34)nn2)cc1.O=C=O. The number of pyridine rings is 1. The summed E-state index contributed by atoms with van der Waals surface area (Å²) in [5.74, 6) is 0.816. The van der Waals surface area contributed by atoms with E-state index in [1.807, 2.05) is 48.7 Å². The number of benzene rings is 2. The summed E-state index contributed by atoms with van der Waals surface area (Å²) >= 11 is 0. The monoisotopic (exact) mass is 445 g/mol. The van der Waals surface area contributed by atoms with Crippen molar-refractivity contribution >= 4 is 22.9 Å². The Morgan fingerprint density at radius 2 is 1.85 bits per heavy atom. The number of nitrogens with zero attached hydrogens (tertiary/aromatic N) is 4. The van der Waals surface area contributed by atoms with E-state index in [1.165, 1.54) is 5.56 Å². The van der Waals surface area contributed by atoms with Gasteiger partial charge in [-0.2, -0.15) is 9.59 Å². The molecule has 0 unspecified atom stereocenters. The van der Waals surface area contributed by atoms with E-state index in [9.17, 15) is 4.79 Å². The van der Waals surface area contributed by atoms with Crippen LogP contribution in [0.5, 0.6) is 0 Å². The molecule has 9 heteroatoms. The van der Waals surface area contributed by atoms with Crippen LogP contribution in [0.3, 0.4) is 0 Å². The van der Waals surface area contributed by atoms with Crippen molar-refractivity contribution in [2.24, 2.45) is 0 Å². The average Bonchev–Trinajstić information content (AvgIpc) is 3.14.